The summed E-state index contributed by atoms with van der Waals surface area (Å²) in [5.74, 6) is -2.55. The monoisotopic (exact) mass is 443 g/mol. The van der Waals surface area contributed by atoms with Crippen molar-refractivity contribution in [2.45, 2.75) is 38.0 Å². The van der Waals surface area contributed by atoms with Crippen LogP contribution in [0.1, 0.15) is 42.0 Å². The third-order valence-electron chi connectivity index (χ3n) is 4.43. The fraction of sp³-hybridized carbons (Fsp3) is 0.300. The highest BCUT2D eigenvalue weighted by Gasteiger charge is 2.38. The van der Waals surface area contributed by atoms with Crippen LogP contribution in [0.25, 0.3) is 11.4 Å². The molecule has 0 bridgehead atoms. The van der Waals surface area contributed by atoms with E-state index in [2.05, 4.69) is 19.6 Å². The lowest BCUT2D eigenvalue weighted by Gasteiger charge is -2.17. The lowest BCUT2D eigenvalue weighted by molar-refractivity contribution is -0.159. The number of halogens is 6. The Morgan fingerprint density at radius 3 is 2.35 bits per heavy atom. The van der Waals surface area contributed by atoms with Gasteiger partial charge < -0.3 is 9.32 Å². The highest BCUT2D eigenvalue weighted by molar-refractivity contribution is 5.76. The zero-order valence-electron chi connectivity index (χ0n) is 16.0. The van der Waals surface area contributed by atoms with E-state index in [0.717, 1.165) is 12.1 Å². The lowest BCUT2D eigenvalue weighted by atomic mass is 9.88. The molecule has 2 aromatic heterocycles. The Morgan fingerprint density at radius 1 is 1.06 bits per heavy atom. The molecular weight excluding hydrogens is 428 g/mol. The van der Waals surface area contributed by atoms with Gasteiger partial charge in [-0.3, -0.25) is 4.98 Å². The molecule has 0 aliphatic rings. The van der Waals surface area contributed by atoms with Gasteiger partial charge in [0.05, 0.1) is 5.56 Å². The molecule has 1 atom stereocenters. The SMILES string of the molecule is CC(=O)CC(Cc1ccc(-c2noc(C(F)(F)F)n2)cn1)c1cccc(C(F)(F)F)c1. The Labute approximate surface area is 172 Å². The molecule has 5 nitrogen and oxygen atoms in total. The van der Waals surface area contributed by atoms with Crippen molar-refractivity contribution in [3.05, 3.63) is 65.3 Å². The maximum Gasteiger partial charge on any atom is 0.471 e. The number of alkyl halides is 6. The Kier molecular flexibility index (Phi) is 6.14. The van der Waals surface area contributed by atoms with Crippen LogP contribution in [0.2, 0.25) is 0 Å². The van der Waals surface area contributed by atoms with Crippen LogP contribution in [-0.4, -0.2) is 20.9 Å². The van der Waals surface area contributed by atoms with Crippen LogP contribution < -0.4 is 0 Å². The molecule has 164 valence electrons. The van der Waals surface area contributed by atoms with E-state index in [1.807, 2.05) is 0 Å². The van der Waals surface area contributed by atoms with Crippen molar-refractivity contribution >= 4 is 5.78 Å². The number of aromatic nitrogens is 3. The number of hydrogen-bond acceptors (Lipinski definition) is 5. The summed E-state index contributed by atoms with van der Waals surface area (Å²) in [6, 6.07) is 7.64. The topological polar surface area (TPSA) is 68.9 Å². The van der Waals surface area contributed by atoms with E-state index in [1.165, 1.54) is 37.4 Å². The van der Waals surface area contributed by atoms with E-state index in [9.17, 15) is 31.1 Å². The second kappa shape index (κ2) is 8.48. The Balaban J connectivity index is 1.83. The van der Waals surface area contributed by atoms with Gasteiger partial charge in [-0.2, -0.15) is 31.3 Å². The maximum absolute atomic E-state index is 13.0. The highest BCUT2D eigenvalue weighted by atomic mass is 19.4. The van der Waals surface area contributed by atoms with Crippen LogP contribution in [0.5, 0.6) is 0 Å². The minimum absolute atomic E-state index is 0.00449. The first-order valence-corrected chi connectivity index (χ1v) is 8.96. The number of ketones is 1. The van der Waals surface area contributed by atoms with Crippen LogP contribution in [0, 0.1) is 0 Å². The van der Waals surface area contributed by atoms with E-state index in [-0.39, 0.29) is 30.0 Å². The Hall–Kier alpha value is -3.24. The predicted molar refractivity (Wildman–Crippen MR) is 95.7 cm³/mol. The first-order chi connectivity index (χ1) is 14.4. The first kappa shape index (κ1) is 22.4. The number of carbonyl (C=O) groups excluding carboxylic acids is 1. The van der Waals surface area contributed by atoms with Crippen LogP contribution >= 0.6 is 0 Å². The van der Waals surface area contributed by atoms with Crippen molar-refractivity contribution in [3.63, 3.8) is 0 Å². The molecule has 0 N–H and O–H groups in total. The zero-order chi connectivity index (χ0) is 22.8. The molecule has 1 aromatic carbocycles. The summed E-state index contributed by atoms with van der Waals surface area (Å²) in [6.45, 7) is 1.34. The van der Waals surface area contributed by atoms with E-state index in [0.29, 0.717) is 11.3 Å². The second-order valence-electron chi connectivity index (χ2n) is 6.89. The van der Waals surface area contributed by atoms with Gasteiger partial charge in [-0.1, -0.05) is 23.4 Å². The minimum Gasteiger partial charge on any atom is -0.329 e. The third-order valence-corrected chi connectivity index (χ3v) is 4.43. The van der Waals surface area contributed by atoms with E-state index in [1.54, 1.807) is 0 Å². The van der Waals surface area contributed by atoms with Crippen molar-refractivity contribution < 1.29 is 35.7 Å². The van der Waals surface area contributed by atoms with Gasteiger partial charge in [0.1, 0.15) is 5.78 Å². The van der Waals surface area contributed by atoms with Gasteiger partial charge in [0.2, 0.25) is 5.82 Å². The molecule has 11 heteroatoms. The molecule has 31 heavy (non-hydrogen) atoms. The molecule has 0 saturated carbocycles. The summed E-state index contributed by atoms with van der Waals surface area (Å²) in [7, 11) is 0. The molecular formula is C20H15F6N3O2. The van der Waals surface area contributed by atoms with Crippen molar-refractivity contribution in [2.24, 2.45) is 0 Å². The summed E-state index contributed by atoms with van der Waals surface area (Å²) in [6.07, 6.45) is -7.90. The smallest absolute Gasteiger partial charge is 0.329 e. The van der Waals surface area contributed by atoms with Crippen LogP contribution in [0.4, 0.5) is 26.3 Å². The molecule has 0 radical (unpaired) electrons. The zero-order valence-corrected chi connectivity index (χ0v) is 16.0. The molecule has 0 aliphatic heterocycles. The molecule has 0 fully saturated rings. The highest BCUT2D eigenvalue weighted by Crippen LogP contribution is 2.33. The van der Waals surface area contributed by atoms with Crippen molar-refractivity contribution in [1.82, 2.24) is 15.1 Å². The normalized spacial score (nSPS) is 13.3. The minimum atomic E-state index is -4.77. The van der Waals surface area contributed by atoms with Crippen molar-refractivity contribution in [3.8, 4) is 11.4 Å². The Bertz CT molecular complexity index is 1060. The van der Waals surface area contributed by atoms with E-state index < -0.39 is 29.7 Å². The number of benzene rings is 1. The van der Waals surface area contributed by atoms with Crippen LogP contribution in [-0.2, 0) is 23.6 Å². The number of hydrogen-bond donors (Lipinski definition) is 0. The molecule has 0 aliphatic carbocycles. The number of Topliss-reactive ketones (excluding diaryl/α,β-unsaturated/α-hetero) is 1. The van der Waals surface area contributed by atoms with Gasteiger partial charge in [0.15, 0.2) is 0 Å². The molecule has 0 amide bonds. The maximum atomic E-state index is 13.0. The van der Waals surface area contributed by atoms with E-state index in [4.69, 9.17) is 0 Å². The molecule has 1 unspecified atom stereocenters. The van der Waals surface area contributed by atoms with Crippen LogP contribution in [0.3, 0.4) is 0 Å². The van der Waals surface area contributed by atoms with Gasteiger partial charge in [-0.05, 0) is 43.0 Å². The van der Waals surface area contributed by atoms with Gasteiger partial charge in [0.25, 0.3) is 0 Å². The quantitative estimate of drug-likeness (QED) is 0.473. The molecule has 2 heterocycles. The molecule has 3 rings (SSSR count). The summed E-state index contributed by atoms with van der Waals surface area (Å²) in [5.41, 5.74) is 0.125. The summed E-state index contributed by atoms with van der Waals surface area (Å²) >= 11 is 0. The summed E-state index contributed by atoms with van der Waals surface area (Å²) < 4.78 is 81.0. The largest absolute Gasteiger partial charge is 0.471 e. The summed E-state index contributed by atoms with van der Waals surface area (Å²) in [4.78, 5) is 19.1. The number of carbonyl (C=O) groups is 1. The molecule has 0 spiro atoms. The number of nitrogens with zero attached hydrogens (tertiary/aromatic N) is 3. The van der Waals surface area contributed by atoms with E-state index >= 15 is 0 Å². The number of pyridine rings is 1. The Morgan fingerprint density at radius 2 is 1.81 bits per heavy atom. The fourth-order valence-corrected chi connectivity index (χ4v) is 3.01. The average Bonchev–Trinajstić information content (AvgIpc) is 3.18. The molecule has 3 aromatic rings. The second-order valence-corrected chi connectivity index (χ2v) is 6.89. The van der Waals surface area contributed by atoms with Gasteiger partial charge in [0, 0.05) is 23.9 Å². The fourth-order valence-electron chi connectivity index (χ4n) is 3.01. The van der Waals surface area contributed by atoms with Crippen molar-refractivity contribution in [2.75, 3.05) is 0 Å². The molecule has 0 saturated heterocycles. The standard InChI is InChI=1S/C20H15F6N3O2/c1-11(30)7-14(12-3-2-4-15(8-12)19(21,22)23)9-16-6-5-13(10-27-16)17-28-18(31-29-17)20(24,25)26/h2-6,8,10,14H,7,9H2,1H3. The van der Waals surface area contributed by atoms with Crippen LogP contribution in [0.15, 0.2) is 47.1 Å². The summed E-state index contributed by atoms with van der Waals surface area (Å²) in [5, 5.41) is 3.27. The van der Waals surface area contributed by atoms with Gasteiger partial charge in [-0.25, -0.2) is 0 Å². The predicted octanol–water partition coefficient (Wildman–Crippen LogP) is 5.47. The third kappa shape index (κ3) is 5.68. The average molecular weight is 443 g/mol. The van der Waals surface area contributed by atoms with Gasteiger partial charge >= 0.3 is 18.2 Å². The van der Waals surface area contributed by atoms with Gasteiger partial charge in [-0.15, -0.1) is 0 Å². The number of rotatable bonds is 6. The first-order valence-electron chi connectivity index (χ1n) is 8.96. The lowest BCUT2D eigenvalue weighted by Crippen LogP contribution is -2.11. The van der Waals surface area contributed by atoms with Crippen molar-refractivity contribution in [1.29, 1.82) is 0 Å².